The highest BCUT2D eigenvalue weighted by atomic mass is 35.5. The van der Waals surface area contributed by atoms with Gasteiger partial charge < -0.3 is 19.2 Å². The van der Waals surface area contributed by atoms with Gasteiger partial charge in [0.25, 0.3) is 5.91 Å². The van der Waals surface area contributed by atoms with Gasteiger partial charge in [-0.25, -0.2) is 9.59 Å². The molecule has 0 fully saturated rings. The van der Waals surface area contributed by atoms with Crippen molar-refractivity contribution in [2.75, 3.05) is 6.61 Å². The van der Waals surface area contributed by atoms with Crippen molar-refractivity contribution in [1.29, 1.82) is 0 Å². The third-order valence-corrected chi connectivity index (χ3v) is 5.60. The summed E-state index contributed by atoms with van der Waals surface area (Å²) >= 11 is 11.9. The van der Waals surface area contributed by atoms with E-state index in [4.69, 9.17) is 37.1 Å². The summed E-state index contributed by atoms with van der Waals surface area (Å²) in [6, 6.07) is 19.6. The fourth-order valence-electron chi connectivity index (χ4n) is 3.30. The first kappa shape index (κ1) is 24.3. The number of carbonyl (C=O) groups excluding carboxylic acids is 2. The largest absolute Gasteiger partial charge is 0.480 e. The summed E-state index contributed by atoms with van der Waals surface area (Å²) in [5.74, 6) is -0.814. The fourth-order valence-corrected chi connectivity index (χ4v) is 3.77. The van der Waals surface area contributed by atoms with Gasteiger partial charge in [0.1, 0.15) is 22.6 Å². The quantitative estimate of drug-likeness (QED) is 0.198. The van der Waals surface area contributed by atoms with Crippen molar-refractivity contribution in [3.05, 3.63) is 104 Å². The number of halogens is 2. The van der Waals surface area contributed by atoms with Gasteiger partial charge in [0.15, 0.2) is 6.61 Å². The van der Waals surface area contributed by atoms with Crippen molar-refractivity contribution < 1.29 is 23.5 Å². The molecule has 7 nitrogen and oxygen atoms in total. The van der Waals surface area contributed by atoms with Crippen LogP contribution in [0, 0.1) is 0 Å². The molecule has 1 N–H and O–H groups in total. The summed E-state index contributed by atoms with van der Waals surface area (Å²) in [6.45, 7) is 1.42. The van der Waals surface area contributed by atoms with Crippen LogP contribution in [-0.2, 0) is 4.79 Å². The molecule has 0 aliphatic carbocycles. The number of benzene rings is 3. The molecule has 3 aromatic carbocycles. The van der Waals surface area contributed by atoms with Gasteiger partial charge in [-0.05, 0) is 48.9 Å². The topological polar surface area (TPSA) is 94.8 Å². The van der Waals surface area contributed by atoms with Crippen LogP contribution >= 0.6 is 23.2 Å². The van der Waals surface area contributed by atoms with Crippen LogP contribution in [0.2, 0.25) is 10.0 Å². The van der Waals surface area contributed by atoms with Crippen LogP contribution in [0.25, 0.3) is 11.0 Å². The van der Waals surface area contributed by atoms with E-state index in [9.17, 15) is 14.4 Å². The third-order valence-electron chi connectivity index (χ3n) is 5.07. The van der Waals surface area contributed by atoms with Gasteiger partial charge in [0.2, 0.25) is 0 Å². The Morgan fingerprint density at radius 3 is 2.51 bits per heavy atom. The Bertz CT molecular complexity index is 1450. The number of fused-ring (bicyclic) bond motifs is 1. The van der Waals surface area contributed by atoms with Crippen molar-refractivity contribution >= 4 is 46.0 Å². The molecule has 0 aliphatic rings. The van der Waals surface area contributed by atoms with Gasteiger partial charge >= 0.3 is 11.6 Å². The molecule has 178 valence electrons. The van der Waals surface area contributed by atoms with Gasteiger partial charge in [-0.2, -0.15) is 0 Å². The van der Waals surface area contributed by atoms with E-state index < -0.39 is 24.1 Å². The van der Waals surface area contributed by atoms with Gasteiger partial charge in [-0.3, -0.25) is 4.79 Å². The second-order valence-corrected chi connectivity index (χ2v) is 8.43. The summed E-state index contributed by atoms with van der Waals surface area (Å²) in [6.07, 6.45) is 0. The summed E-state index contributed by atoms with van der Waals surface area (Å²) in [5.41, 5.74) is 0.132. The number of hydrogen-bond donors (Lipinski definition) is 1. The van der Waals surface area contributed by atoms with E-state index in [2.05, 4.69) is 5.32 Å². The minimum Gasteiger partial charge on any atom is -0.480 e. The zero-order valence-electron chi connectivity index (χ0n) is 18.4. The maximum atomic E-state index is 12.7. The number of carbonyl (C=O) groups is 2. The minimum absolute atomic E-state index is 0.127. The lowest BCUT2D eigenvalue weighted by Crippen LogP contribution is -2.30. The SMILES string of the molecule is CC(NC(=O)c1cc2ccc(OC(=O)COc3ccc(Cl)cc3Cl)cc2oc1=O)c1ccccc1. The predicted octanol–water partition coefficient (Wildman–Crippen LogP) is 5.58. The van der Waals surface area contributed by atoms with Gasteiger partial charge in [0.05, 0.1) is 11.1 Å². The smallest absolute Gasteiger partial charge is 0.349 e. The van der Waals surface area contributed by atoms with Crippen molar-refractivity contribution in [1.82, 2.24) is 5.32 Å². The van der Waals surface area contributed by atoms with Crippen LogP contribution in [0.4, 0.5) is 0 Å². The molecule has 1 unspecified atom stereocenters. The van der Waals surface area contributed by atoms with E-state index in [1.807, 2.05) is 37.3 Å². The maximum Gasteiger partial charge on any atom is 0.349 e. The first-order chi connectivity index (χ1) is 16.8. The molecule has 0 spiro atoms. The van der Waals surface area contributed by atoms with E-state index in [-0.39, 0.29) is 33.7 Å². The fraction of sp³-hybridized carbons (Fsp3) is 0.115. The minimum atomic E-state index is -0.806. The zero-order chi connectivity index (χ0) is 24.9. The lowest BCUT2D eigenvalue weighted by Gasteiger charge is -2.14. The second-order valence-electron chi connectivity index (χ2n) is 7.59. The molecule has 35 heavy (non-hydrogen) atoms. The summed E-state index contributed by atoms with van der Waals surface area (Å²) < 4.78 is 15.9. The van der Waals surface area contributed by atoms with E-state index in [1.54, 1.807) is 12.1 Å². The number of nitrogens with one attached hydrogen (secondary N) is 1. The Morgan fingerprint density at radius 1 is 1.00 bits per heavy atom. The highest BCUT2D eigenvalue weighted by molar-refractivity contribution is 6.35. The lowest BCUT2D eigenvalue weighted by atomic mass is 10.1. The van der Waals surface area contributed by atoms with Crippen molar-refractivity contribution in [2.24, 2.45) is 0 Å². The Morgan fingerprint density at radius 2 is 1.77 bits per heavy atom. The van der Waals surface area contributed by atoms with Crippen LogP contribution in [0.3, 0.4) is 0 Å². The van der Waals surface area contributed by atoms with E-state index >= 15 is 0 Å². The van der Waals surface area contributed by atoms with Gasteiger partial charge in [-0.15, -0.1) is 0 Å². The molecular weight excluding hydrogens is 493 g/mol. The van der Waals surface area contributed by atoms with Crippen LogP contribution in [0.15, 0.2) is 82.0 Å². The Labute approximate surface area is 210 Å². The molecule has 0 bridgehead atoms. The number of amides is 1. The van der Waals surface area contributed by atoms with Crippen LogP contribution < -0.4 is 20.4 Å². The number of ether oxygens (including phenoxy) is 2. The zero-order valence-corrected chi connectivity index (χ0v) is 19.9. The normalized spacial score (nSPS) is 11.6. The Balaban J connectivity index is 1.44. The molecule has 4 rings (SSSR count). The number of hydrogen-bond acceptors (Lipinski definition) is 6. The standard InChI is InChI=1S/C26H19Cl2NO6/c1-15(16-5-3-2-4-6-16)29-25(31)20-11-17-7-9-19(13-23(17)35-26(20)32)34-24(30)14-33-22-10-8-18(27)12-21(22)28/h2-13,15H,14H2,1H3,(H,29,31). The van der Waals surface area contributed by atoms with Crippen molar-refractivity contribution in [3.63, 3.8) is 0 Å². The van der Waals surface area contributed by atoms with Crippen molar-refractivity contribution in [2.45, 2.75) is 13.0 Å². The lowest BCUT2D eigenvalue weighted by molar-refractivity contribution is -0.136. The molecule has 1 heterocycles. The third kappa shape index (κ3) is 6.01. The van der Waals surface area contributed by atoms with Crippen LogP contribution in [0.5, 0.6) is 11.5 Å². The van der Waals surface area contributed by atoms with Crippen molar-refractivity contribution in [3.8, 4) is 11.5 Å². The molecular formula is C26H19Cl2NO6. The number of esters is 1. The van der Waals surface area contributed by atoms with Gasteiger partial charge in [0, 0.05) is 16.5 Å². The summed E-state index contributed by atoms with van der Waals surface area (Å²) in [5, 5.41) is 3.98. The Kier molecular flexibility index (Phi) is 7.39. The summed E-state index contributed by atoms with van der Waals surface area (Å²) in [4.78, 5) is 37.3. The summed E-state index contributed by atoms with van der Waals surface area (Å²) in [7, 11) is 0. The molecule has 1 amide bonds. The first-order valence-electron chi connectivity index (χ1n) is 10.5. The van der Waals surface area contributed by atoms with E-state index in [0.717, 1.165) is 5.56 Å². The molecule has 1 atom stereocenters. The molecule has 0 aliphatic heterocycles. The van der Waals surface area contributed by atoms with Crippen LogP contribution in [0.1, 0.15) is 28.9 Å². The molecule has 0 radical (unpaired) electrons. The number of rotatable bonds is 7. The van der Waals surface area contributed by atoms with E-state index in [1.165, 1.54) is 30.3 Å². The molecule has 9 heteroatoms. The van der Waals surface area contributed by atoms with E-state index in [0.29, 0.717) is 10.4 Å². The predicted molar refractivity (Wildman–Crippen MR) is 132 cm³/mol. The first-order valence-corrected chi connectivity index (χ1v) is 11.3. The second kappa shape index (κ2) is 10.6. The average molecular weight is 512 g/mol. The highest BCUT2D eigenvalue weighted by Crippen LogP contribution is 2.27. The van der Waals surface area contributed by atoms with Gasteiger partial charge in [-0.1, -0.05) is 53.5 Å². The highest BCUT2D eigenvalue weighted by Gasteiger charge is 2.17. The maximum absolute atomic E-state index is 12.7. The molecule has 0 saturated heterocycles. The monoisotopic (exact) mass is 511 g/mol. The molecule has 1 aromatic heterocycles. The molecule has 0 saturated carbocycles. The van der Waals surface area contributed by atoms with Crippen LogP contribution in [-0.4, -0.2) is 18.5 Å². The average Bonchev–Trinajstić information content (AvgIpc) is 2.83. The molecule has 4 aromatic rings. The Hall–Kier alpha value is -3.81.